The third-order valence-corrected chi connectivity index (χ3v) is 4.06. The van der Waals surface area contributed by atoms with Crippen LogP contribution in [0.15, 0.2) is 53.1 Å². The first-order valence-electron chi connectivity index (χ1n) is 7.40. The summed E-state index contributed by atoms with van der Waals surface area (Å²) >= 11 is 11.8. The number of hydrogen-bond donors (Lipinski definition) is 0. The molecule has 128 valence electrons. The van der Waals surface area contributed by atoms with Gasteiger partial charge in [-0.3, -0.25) is 9.48 Å². The second kappa shape index (κ2) is 7.59. The third kappa shape index (κ3) is 4.53. The number of ketones is 1. The predicted octanol–water partition coefficient (Wildman–Crippen LogP) is 4.80. The fraction of sp³-hybridized carbons (Fsp3) is 0.111. The molecule has 0 atom stereocenters. The maximum absolute atomic E-state index is 12.0. The topological polar surface area (TPSA) is 57.3 Å². The highest BCUT2D eigenvalue weighted by Crippen LogP contribution is 2.26. The molecule has 0 saturated heterocycles. The van der Waals surface area contributed by atoms with Crippen molar-refractivity contribution in [2.45, 2.75) is 6.61 Å². The highest BCUT2D eigenvalue weighted by Gasteiger charge is 2.06. The average molecular weight is 377 g/mol. The normalized spacial score (nSPS) is 11.2. The molecule has 0 bridgehead atoms. The molecule has 0 aliphatic carbocycles. The number of halogens is 2. The Labute approximate surface area is 154 Å². The number of allylic oxidation sites excluding steroid dienone is 1. The van der Waals surface area contributed by atoms with Crippen LogP contribution in [0.25, 0.3) is 6.08 Å². The Bertz CT molecular complexity index is 928. The van der Waals surface area contributed by atoms with E-state index in [-0.39, 0.29) is 12.4 Å². The monoisotopic (exact) mass is 376 g/mol. The molecule has 0 amide bonds. The molecule has 2 heterocycles. The van der Waals surface area contributed by atoms with E-state index in [1.54, 1.807) is 60.4 Å². The number of nitrogens with zero attached hydrogens (tertiary/aromatic N) is 2. The van der Waals surface area contributed by atoms with Gasteiger partial charge in [0.2, 0.25) is 5.78 Å². The number of rotatable bonds is 6. The van der Waals surface area contributed by atoms with Crippen molar-refractivity contribution in [1.82, 2.24) is 9.78 Å². The van der Waals surface area contributed by atoms with E-state index in [1.165, 1.54) is 6.08 Å². The fourth-order valence-electron chi connectivity index (χ4n) is 2.07. The highest BCUT2D eigenvalue weighted by atomic mass is 35.5. The van der Waals surface area contributed by atoms with Crippen LogP contribution in [0.3, 0.4) is 0 Å². The first kappa shape index (κ1) is 17.3. The van der Waals surface area contributed by atoms with E-state index in [4.69, 9.17) is 32.4 Å². The van der Waals surface area contributed by atoms with E-state index in [2.05, 4.69) is 5.10 Å². The predicted molar refractivity (Wildman–Crippen MR) is 96.1 cm³/mol. The number of carbonyl (C=O) groups excluding carboxylic acids is 1. The van der Waals surface area contributed by atoms with Gasteiger partial charge in [0, 0.05) is 19.3 Å². The molecule has 3 rings (SSSR count). The van der Waals surface area contributed by atoms with Crippen molar-refractivity contribution >= 4 is 35.1 Å². The molecule has 2 aromatic heterocycles. The van der Waals surface area contributed by atoms with Crippen molar-refractivity contribution < 1.29 is 13.9 Å². The molecule has 5 nitrogen and oxygen atoms in total. The van der Waals surface area contributed by atoms with Gasteiger partial charge in [0.15, 0.2) is 0 Å². The molecule has 1 aromatic carbocycles. The molecule has 0 radical (unpaired) electrons. The Morgan fingerprint density at radius 2 is 2.08 bits per heavy atom. The van der Waals surface area contributed by atoms with Crippen molar-refractivity contribution in [3.05, 3.63) is 75.9 Å². The molecular formula is C18H14Cl2N2O3. The second-order valence-corrected chi connectivity index (χ2v) is 6.06. The molecule has 25 heavy (non-hydrogen) atoms. The Morgan fingerprint density at radius 1 is 1.24 bits per heavy atom. The van der Waals surface area contributed by atoms with Gasteiger partial charge in [-0.1, -0.05) is 23.2 Å². The Kier molecular flexibility index (Phi) is 5.26. The summed E-state index contributed by atoms with van der Waals surface area (Å²) < 4.78 is 12.8. The molecule has 0 saturated carbocycles. The maximum Gasteiger partial charge on any atom is 0.206 e. The maximum atomic E-state index is 12.0. The first-order valence-corrected chi connectivity index (χ1v) is 8.15. The van der Waals surface area contributed by atoms with E-state index < -0.39 is 0 Å². The molecule has 0 spiro atoms. The summed E-state index contributed by atoms with van der Waals surface area (Å²) in [5.74, 6) is 1.58. The number of carbonyl (C=O) groups is 1. The lowest BCUT2D eigenvalue weighted by Crippen LogP contribution is -1.97. The van der Waals surface area contributed by atoms with Gasteiger partial charge in [-0.2, -0.15) is 5.10 Å². The quantitative estimate of drug-likeness (QED) is 0.458. The third-order valence-electron chi connectivity index (χ3n) is 3.32. The zero-order valence-corrected chi connectivity index (χ0v) is 14.8. The van der Waals surface area contributed by atoms with E-state index >= 15 is 0 Å². The Balaban J connectivity index is 1.59. The van der Waals surface area contributed by atoms with E-state index in [0.29, 0.717) is 33.0 Å². The van der Waals surface area contributed by atoms with Gasteiger partial charge in [0.25, 0.3) is 0 Å². The number of furan rings is 1. The highest BCUT2D eigenvalue weighted by molar-refractivity contribution is 6.42. The number of aromatic nitrogens is 2. The van der Waals surface area contributed by atoms with Gasteiger partial charge in [0.05, 0.1) is 10.0 Å². The minimum atomic E-state index is -0.189. The summed E-state index contributed by atoms with van der Waals surface area (Å²) in [4.78, 5) is 12.0. The van der Waals surface area contributed by atoms with E-state index in [9.17, 15) is 4.79 Å². The minimum Gasteiger partial charge on any atom is -0.486 e. The van der Waals surface area contributed by atoms with E-state index in [0.717, 1.165) is 0 Å². The standard InChI is InChI=1S/C18H14Cl2N2O3/c1-22-9-8-17(21-22)18(23)7-5-12-2-3-14(25-12)11-24-13-4-6-15(19)16(20)10-13/h2-10H,11H2,1H3/b7-5+. The molecule has 7 heteroatoms. The van der Waals surface area contributed by atoms with Gasteiger partial charge in [0.1, 0.15) is 29.6 Å². The van der Waals surface area contributed by atoms with Crippen LogP contribution in [0.5, 0.6) is 5.75 Å². The van der Waals surface area contributed by atoms with Crippen LogP contribution >= 0.6 is 23.2 Å². The molecule has 0 unspecified atom stereocenters. The van der Waals surface area contributed by atoms with Gasteiger partial charge >= 0.3 is 0 Å². The second-order valence-electron chi connectivity index (χ2n) is 5.24. The lowest BCUT2D eigenvalue weighted by Gasteiger charge is -2.05. The van der Waals surface area contributed by atoms with Crippen LogP contribution in [0.2, 0.25) is 10.0 Å². The zero-order chi connectivity index (χ0) is 17.8. The van der Waals surface area contributed by atoms with Gasteiger partial charge in [-0.15, -0.1) is 0 Å². The molecular weight excluding hydrogens is 363 g/mol. The van der Waals surface area contributed by atoms with Crippen LogP contribution in [-0.2, 0) is 13.7 Å². The van der Waals surface area contributed by atoms with Crippen LogP contribution in [0.1, 0.15) is 22.0 Å². The summed E-state index contributed by atoms with van der Waals surface area (Å²) in [7, 11) is 1.76. The molecule has 0 aliphatic rings. The molecule has 3 aromatic rings. The smallest absolute Gasteiger partial charge is 0.206 e. The van der Waals surface area contributed by atoms with Crippen molar-refractivity contribution in [3.8, 4) is 5.75 Å². The molecule has 0 aliphatic heterocycles. The van der Waals surface area contributed by atoms with Crippen molar-refractivity contribution in [1.29, 1.82) is 0 Å². The minimum absolute atomic E-state index is 0.189. The average Bonchev–Trinajstić information content (AvgIpc) is 3.23. The Morgan fingerprint density at radius 3 is 2.80 bits per heavy atom. The van der Waals surface area contributed by atoms with Gasteiger partial charge < -0.3 is 9.15 Å². The summed E-state index contributed by atoms with van der Waals surface area (Å²) in [6, 6.07) is 10.2. The van der Waals surface area contributed by atoms with Gasteiger partial charge in [-0.05, 0) is 42.5 Å². The number of hydrogen-bond acceptors (Lipinski definition) is 4. The lowest BCUT2D eigenvalue weighted by molar-refractivity contribution is 0.104. The number of ether oxygens (including phenoxy) is 1. The van der Waals surface area contributed by atoms with Gasteiger partial charge in [-0.25, -0.2) is 0 Å². The summed E-state index contributed by atoms with van der Waals surface area (Å²) in [5, 5.41) is 4.95. The SMILES string of the molecule is Cn1ccc(C(=O)/C=C/c2ccc(COc3ccc(Cl)c(Cl)c3)o2)n1. The largest absolute Gasteiger partial charge is 0.486 e. The van der Waals surface area contributed by atoms with E-state index in [1.807, 2.05) is 0 Å². The molecule has 0 N–H and O–H groups in total. The zero-order valence-electron chi connectivity index (χ0n) is 13.3. The summed E-state index contributed by atoms with van der Waals surface area (Å²) in [5.41, 5.74) is 0.383. The summed E-state index contributed by atoms with van der Waals surface area (Å²) in [6.07, 6.45) is 4.73. The van der Waals surface area contributed by atoms with Crippen molar-refractivity contribution in [2.75, 3.05) is 0 Å². The van der Waals surface area contributed by atoms with Crippen molar-refractivity contribution in [2.24, 2.45) is 7.05 Å². The lowest BCUT2D eigenvalue weighted by atomic mass is 10.2. The number of benzene rings is 1. The van der Waals surface area contributed by atoms with Crippen molar-refractivity contribution in [3.63, 3.8) is 0 Å². The van der Waals surface area contributed by atoms with Crippen LogP contribution in [0.4, 0.5) is 0 Å². The Hall–Kier alpha value is -2.50. The summed E-state index contributed by atoms with van der Waals surface area (Å²) in [6.45, 7) is 0.236. The van der Waals surface area contributed by atoms with Crippen LogP contribution in [0, 0.1) is 0 Å². The molecule has 0 fully saturated rings. The van der Waals surface area contributed by atoms with Crippen LogP contribution < -0.4 is 4.74 Å². The fourth-order valence-corrected chi connectivity index (χ4v) is 2.36. The first-order chi connectivity index (χ1) is 12.0. The van der Waals surface area contributed by atoms with Crippen LogP contribution in [-0.4, -0.2) is 15.6 Å². The number of aryl methyl sites for hydroxylation is 1.